The molecule has 0 rings (SSSR count). The minimum atomic E-state index is -1.51. The first kappa shape index (κ1) is 36.6. The molecule has 0 aromatic rings. The minimum Gasteiger partial charge on any atom is -0.481 e. The van der Waals surface area contributed by atoms with Crippen molar-refractivity contribution in [1.29, 1.82) is 0 Å². The Hall–Kier alpha value is -3.44. The van der Waals surface area contributed by atoms with E-state index in [4.69, 9.17) is 22.3 Å². The fraction of sp³-hybridized carbons (Fsp3) is 0.696. The van der Waals surface area contributed by atoms with E-state index in [2.05, 4.69) is 21.3 Å². The summed E-state index contributed by atoms with van der Waals surface area (Å²) in [5, 5.41) is 27.8. The van der Waals surface area contributed by atoms with E-state index in [1.165, 1.54) is 11.8 Å². The quantitative estimate of drug-likeness (QED) is 0.0569. The van der Waals surface area contributed by atoms with Crippen molar-refractivity contribution in [2.24, 2.45) is 17.2 Å². The largest absolute Gasteiger partial charge is 0.481 e. The van der Waals surface area contributed by atoms with E-state index in [-0.39, 0.29) is 25.7 Å². The number of carboxylic acids is 2. The van der Waals surface area contributed by atoms with Crippen molar-refractivity contribution in [2.45, 2.75) is 75.5 Å². The third-order valence-electron chi connectivity index (χ3n) is 5.57. The molecule has 0 aromatic heterocycles. The summed E-state index contributed by atoms with van der Waals surface area (Å²) in [5.74, 6) is -6.13. The van der Waals surface area contributed by atoms with Gasteiger partial charge in [-0.05, 0) is 50.7 Å². The zero-order valence-corrected chi connectivity index (χ0v) is 23.3. The lowest BCUT2D eigenvalue weighted by Gasteiger charge is -2.24. The van der Waals surface area contributed by atoms with E-state index in [1.807, 2.05) is 0 Å². The number of nitrogens with one attached hydrogen (secondary N) is 4. The maximum atomic E-state index is 13.0. The minimum absolute atomic E-state index is 0.134. The van der Waals surface area contributed by atoms with Crippen LogP contribution in [0.1, 0.15) is 51.4 Å². The molecule has 0 saturated carbocycles. The van der Waals surface area contributed by atoms with Gasteiger partial charge in [-0.15, -0.1) is 0 Å². The van der Waals surface area contributed by atoms with Crippen molar-refractivity contribution in [1.82, 2.24) is 21.3 Å². The molecule has 0 heterocycles. The molecule has 0 bridgehead atoms. The summed E-state index contributed by atoms with van der Waals surface area (Å²) in [7, 11) is 0. The summed E-state index contributed by atoms with van der Waals surface area (Å²) in [6.45, 7) is 0.0000553. The maximum Gasteiger partial charge on any atom is 0.326 e. The lowest BCUT2D eigenvalue weighted by Crippen LogP contribution is -2.56. The first-order valence-electron chi connectivity index (χ1n) is 12.7. The molecule has 0 aromatic carbocycles. The van der Waals surface area contributed by atoms with Crippen LogP contribution in [0, 0.1) is 0 Å². The number of carbonyl (C=O) groups excluding carboxylic acids is 5. The Labute approximate surface area is 236 Å². The fourth-order valence-electron chi connectivity index (χ4n) is 3.31. The smallest absolute Gasteiger partial charge is 0.326 e. The number of primary amides is 1. The Morgan fingerprint density at radius 3 is 1.88 bits per heavy atom. The highest BCUT2D eigenvalue weighted by atomic mass is 32.2. The number of aliphatic carboxylic acids is 2. The standard InChI is InChI=1S/C23H41N7O9S/c1-40-11-9-15(28-18(32)12-27-20(35)13(25)4-2-3-10-24)22(37)29-14(6-8-19(33)34)21(36)30-16(23(38)39)5-7-17(26)31/h13-16H,2-12,24-25H2,1H3,(H2,26,31)(H,27,35)(H,28,32)(H,29,37)(H,30,36)(H,33,34)(H,38,39)/t13-,14-,15-,16-/m0/s1. The SMILES string of the molecule is CSCC[C@H](NC(=O)CNC(=O)[C@@H](N)CCCCN)C(=O)N[C@@H](CCC(=O)O)C(=O)N[C@@H](CCC(N)=O)C(=O)O. The molecule has 17 heteroatoms. The summed E-state index contributed by atoms with van der Waals surface area (Å²) in [5.41, 5.74) is 16.2. The van der Waals surface area contributed by atoms with Crippen LogP contribution < -0.4 is 38.5 Å². The topological polar surface area (TPSA) is 286 Å². The number of carbonyl (C=O) groups is 7. The van der Waals surface area contributed by atoms with Crippen LogP contribution in [0.4, 0.5) is 0 Å². The molecule has 228 valence electrons. The average Bonchev–Trinajstić information content (AvgIpc) is 2.88. The van der Waals surface area contributed by atoms with Crippen LogP contribution in [0.5, 0.6) is 0 Å². The third kappa shape index (κ3) is 16.5. The highest BCUT2D eigenvalue weighted by Crippen LogP contribution is 2.06. The Morgan fingerprint density at radius 2 is 1.35 bits per heavy atom. The molecule has 0 radical (unpaired) electrons. The third-order valence-corrected chi connectivity index (χ3v) is 6.21. The average molecular weight is 592 g/mol. The van der Waals surface area contributed by atoms with Gasteiger partial charge >= 0.3 is 11.9 Å². The van der Waals surface area contributed by atoms with E-state index < -0.39 is 78.6 Å². The number of hydrogen-bond acceptors (Lipinski definition) is 10. The molecule has 0 aliphatic heterocycles. The molecular formula is C23H41N7O9S. The summed E-state index contributed by atoms with van der Waals surface area (Å²) in [4.78, 5) is 84.0. The van der Waals surface area contributed by atoms with Gasteiger partial charge in [0, 0.05) is 12.8 Å². The Morgan fingerprint density at radius 1 is 0.775 bits per heavy atom. The molecule has 0 unspecified atom stereocenters. The number of amides is 5. The molecule has 16 nitrogen and oxygen atoms in total. The van der Waals surface area contributed by atoms with E-state index in [0.29, 0.717) is 31.6 Å². The zero-order valence-electron chi connectivity index (χ0n) is 22.5. The molecular weight excluding hydrogens is 550 g/mol. The highest BCUT2D eigenvalue weighted by Gasteiger charge is 2.30. The first-order valence-corrected chi connectivity index (χ1v) is 14.1. The van der Waals surface area contributed by atoms with Crippen LogP contribution in [0.3, 0.4) is 0 Å². The summed E-state index contributed by atoms with van der Waals surface area (Å²) >= 11 is 1.38. The monoisotopic (exact) mass is 591 g/mol. The Balaban J connectivity index is 5.37. The van der Waals surface area contributed by atoms with Crippen LogP contribution in [0.2, 0.25) is 0 Å². The lowest BCUT2D eigenvalue weighted by molar-refractivity contribution is -0.143. The van der Waals surface area contributed by atoms with Gasteiger partial charge in [-0.25, -0.2) is 4.79 Å². The second-order valence-electron chi connectivity index (χ2n) is 8.91. The van der Waals surface area contributed by atoms with Crippen LogP contribution in [0.25, 0.3) is 0 Å². The Bertz CT molecular complexity index is 891. The predicted molar refractivity (Wildman–Crippen MR) is 146 cm³/mol. The van der Waals surface area contributed by atoms with Crippen molar-refractivity contribution >= 4 is 53.2 Å². The van der Waals surface area contributed by atoms with Crippen molar-refractivity contribution in [2.75, 3.05) is 25.1 Å². The van der Waals surface area contributed by atoms with Gasteiger partial charge in [-0.1, -0.05) is 6.42 Å². The number of thioether (sulfide) groups is 1. The van der Waals surface area contributed by atoms with Gasteiger partial charge in [0.15, 0.2) is 0 Å². The highest BCUT2D eigenvalue weighted by molar-refractivity contribution is 7.98. The van der Waals surface area contributed by atoms with Gasteiger partial charge in [0.2, 0.25) is 29.5 Å². The molecule has 5 amide bonds. The van der Waals surface area contributed by atoms with Crippen LogP contribution in [-0.4, -0.2) is 101 Å². The van der Waals surface area contributed by atoms with Crippen LogP contribution in [0.15, 0.2) is 0 Å². The molecule has 0 aliphatic carbocycles. The van der Waals surface area contributed by atoms with E-state index in [9.17, 15) is 38.7 Å². The van der Waals surface area contributed by atoms with E-state index in [1.54, 1.807) is 6.26 Å². The van der Waals surface area contributed by atoms with Crippen molar-refractivity contribution in [3.63, 3.8) is 0 Å². The number of hydrogen-bond donors (Lipinski definition) is 9. The molecule has 4 atom stereocenters. The zero-order chi connectivity index (χ0) is 30.7. The number of nitrogens with two attached hydrogens (primary N) is 3. The Kier molecular flexibility index (Phi) is 18.7. The second kappa shape index (κ2) is 20.5. The number of rotatable bonds is 22. The van der Waals surface area contributed by atoms with Gasteiger partial charge in [0.25, 0.3) is 0 Å². The van der Waals surface area contributed by atoms with Gasteiger partial charge in [0.1, 0.15) is 18.1 Å². The van der Waals surface area contributed by atoms with Gasteiger partial charge in [-0.2, -0.15) is 11.8 Å². The number of carboxylic acid groups (broad SMARTS) is 2. The molecule has 12 N–H and O–H groups in total. The van der Waals surface area contributed by atoms with Gasteiger partial charge in [0.05, 0.1) is 12.6 Å². The molecule has 40 heavy (non-hydrogen) atoms. The normalized spacial score (nSPS) is 13.7. The predicted octanol–water partition coefficient (Wildman–Crippen LogP) is -3.02. The molecule has 0 spiro atoms. The van der Waals surface area contributed by atoms with Crippen molar-refractivity contribution < 1.29 is 43.8 Å². The van der Waals surface area contributed by atoms with Crippen molar-refractivity contribution in [3.8, 4) is 0 Å². The fourth-order valence-corrected chi connectivity index (χ4v) is 3.78. The van der Waals surface area contributed by atoms with Crippen LogP contribution >= 0.6 is 11.8 Å². The summed E-state index contributed by atoms with van der Waals surface area (Å²) < 4.78 is 0. The first-order chi connectivity index (χ1) is 18.8. The van der Waals surface area contributed by atoms with Crippen molar-refractivity contribution in [3.05, 3.63) is 0 Å². The second-order valence-corrected chi connectivity index (χ2v) is 9.89. The summed E-state index contributed by atoms with van der Waals surface area (Å²) in [6, 6.07) is -4.96. The lowest BCUT2D eigenvalue weighted by atomic mass is 10.1. The molecule has 0 saturated heterocycles. The van der Waals surface area contributed by atoms with E-state index in [0.717, 1.165) is 0 Å². The number of unbranched alkanes of at least 4 members (excludes halogenated alkanes) is 1. The summed E-state index contributed by atoms with van der Waals surface area (Å²) in [6.07, 6.45) is 2.07. The van der Waals surface area contributed by atoms with Gasteiger partial charge in [-0.3, -0.25) is 28.8 Å². The molecule has 0 fully saturated rings. The van der Waals surface area contributed by atoms with Crippen LogP contribution in [-0.2, 0) is 33.6 Å². The maximum absolute atomic E-state index is 13.0. The molecule has 0 aliphatic rings. The van der Waals surface area contributed by atoms with Gasteiger partial charge < -0.3 is 48.7 Å². The van der Waals surface area contributed by atoms with E-state index >= 15 is 0 Å².